The van der Waals surface area contributed by atoms with E-state index in [1.165, 1.54) is 49.5 Å². The zero-order chi connectivity index (χ0) is 39.5. The smallest absolute Gasteiger partial charge is 0.160 e. The fraction of sp³-hybridized carbons (Fsp3) is 0.0526. The van der Waals surface area contributed by atoms with Gasteiger partial charge in [-0.1, -0.05) is 178 Å². The Balaban J connectivity index is 1.07. The molecule has 1 aliphatic carbocycles. The SMILES string of the molecule is CC1(C)c2cc(-c3ccc(-c4cc(-c5cc(-c6ccccc6)cc(-c6ccccc6)c5)nc(-c5ccccc5)n4)c4ccccc34)ccc2-c2cc3ccccc3cc21. The van der Waals surface area contributed by atoms with E-state index in [0.29, 0.717) is 5.82 Å². The highest BCUT2D eigenvalue weighted by molar-refractivity contribution is 6.05. The third-order valence-electron chi connectivity index (χ3n) is 12.3. The highest BCUT2D eigenvalue weighted by Crippen LogP contribution is 2.51. The Morgan fingerprint density at radius 2 is 0.797 bits per heavy atom. The maximum Gasteiger partial charge on any atom is 0.160 e. The normalized spacial score (nSPS) is 12.7. The van der Waals surface area contributed by atoms with Crippen LogP contribution in [0.15, 0.2) is 206 Å². The molecular weight excluding hydrogens is 713 g/mol. The Morgan fingerprint density at radius 3 is 1.46 bits per heavy atom. The second kappa shape index (κ2) is 13.9. The van der Waals surface area contributed by atoms with Crippen molar-refractivity contribution >= 4 is 21.5 Å². The summed E-state index contributed by atoms with van der Waals surface area (Å²) in [7, 11) is 0. The fourth-order valence-corrected chi connectivity index (χ4v) is 9.18. The molecule has 0 fully saturated rings. The summed E-state index contributed by atoms with van der Waals surface area (Å²) in [5.74, 6) is 0.700. The molecular formula is C57H40N2. The van der Waals surface area contributed by atoms with Crippen molar-refractivity contribution in [3.05, 3.63) is 217 Å². The molecule has 0 atom stereocenters. The lowest BCUT2D eigenvalue weighted by Crippen LogP contribution is -2.15. The molecule has 0 saturated carbocycles. The minimum Gasteiger partial charge on any atom is -0.228 e. The molecule has 2 heteroatoms. The highest BCUT2D eigenvalue weighted by Gasteiger charge is 2.36. The number of rotatable bonds is 6. The molecule has 0 spiro atoms. The van der Waals surface area contributed by atoms with Crippen molar-refractivity contribution in [2.24, 2.45) is 0 Å². The van der Waals surface area contributed by atoms with Gasteiger partial charge in [-0.05, 0) is 120 Å². The van der Waals surface area contributed by atoms with Crippen molar-refractivity contribution in [1.29, 1.82) is 0 Å². The lowest BCUT2D eigenvalue weighted by Gasteiger charge is -2.22. The van der Waals surface area contributed by atoms with Gasteiger partial charge in [0.1, 0.15) is 0 Å². The molecule has 11 rings (SSSR count). The molecule has 0 amide bonds. The standard InChI is InChI=1S/C57H40N2/c1-57(2)52-35-42(26-27-49(52)51-33-40-22-12-13-23-41(40)34-53(51)57)46-28-29-50(48-25-15-14-24-47(46)48)55-36-54(58-56(59-55)39-20-10-5-11-21-39)45-31-43(37-16-6-3-7-17-37)30-44(32-45)38-18-8-4-9-19-38/h3-36H,1-2H3. The average molecular weight is 753 g/mol. The molecule has 1 heterocycles. The van der Waals surface area contributed by atoms with Gasteiger partial charge in [-0.25, -0.2) is 9.97 Å². The van der Waals surface area contributed by atoms with Crippen molar-refractivity contribution in [3.8, 4) is 78.4 Å². The van der Waals surface area contributed by atoms with Crippen molar-refractivity contribution in [1.82, 2.24) is 9.97 Å². The Morgan fingerprint density at radius 1 is 0.305 bits per heavy atom. The molecule has 1 aliphatic rings. The van der Waals surface area contributed by atoms with E-state index in [4.69, 9.17) is 9.97 Å². The molecule has 0 N–H and O–H groups in total. The lowest BCUT2D eigenvalue weighted by atomic mass is 9.81. The first-order valence-corrected chi connectivity index (χ1v) is 20.4. The quantitative estimate of drug-likeness (QED) is 0.169. The van der Waals surface area contributed by atoms with Crippen LogP contribution in [0.3, 0.4) is 0 Å². The van der Waals surface area contributed by atoms with Crippen LogP contribution in [0.2, 0.25) is 0 Å². The minimum absolute atomic E-state index is 0.121. The van der Waals surface area contributed by atoms with Crippen LogP contribution >= 0.6 is 0 Å². The molecule has 0 saturated heterocycles. The van der Waals surface area contributed by atoms with Crippen molar-refractivity contribution in [2.45, 2.75) is 19.3 Å². The fourth-order valence-electron chi connectivity index (χ4n) is 9.18. The van der Waals surface area contributed by atoms with Gasteiger partial charge in [0.25, 0.3) is 0 Å². The van der Waals surface area contributed by atoms with Gasteiger partial charge in [0.15, 0.2) is 5.82 Å². The van der Waals surface area contributed by atoms with E-state index in [2.05, 4.69) is 214 Å². The van der Waals surface area contributed by atoms with Crippen LogP contribution in [-0.4, -0.2) is 9.97 Å². The number of fused-ring (bicyclic) bond motifs is 5. The van der Waals surface area contributed by atoms with Crippen molar-refractivity contribution in [3.63, 3.8) is 0 Å². The summed E-state index contributed by atoms with van der Waals surface area (Å²) in [5, 5.41) is 4.93. The summed E-state index contributed by atoms with van der Waals surface area (Å²) >= 11 is 0. The van der Waals surface area contributed by atoms with E-state index >= 15 is 0 Å². The van der Waals surface area contributed by atoms with Gasteiger partial charge < -0.3 is 0 Å². The van der Waals surface area contributed by atoms with Crippen LogP contribution < -0.4 is 0 Å². The van der Waals surface area contributed by atoms with Gasteiger partial charge in [0.05, 0.1) is 11.4 Å². The summed E-state index contributed by atoms with van der Waals surface area (Å²) in [5.41, 5.74) is 17.2. The lowest BCUT2D eigenvalue weighted by molar-refractivity contribution is 0.661. The molecule has 0 radical (unpaired) electrons. The summed E-state index contributed by atoms with van der Waals surface area (Å²) in [4.78, 5) is 10.6. The maximum atomic E-state index is 5.31. The predicted molar refractivity (Wildman–Crippen MR) is 247 cm³/mol. The Hall–Kier alpha value is -7.42. The highest BCUT2D eigenvalue weighted by atomic mass is 14.9. The number of nitrogens with zero attached hydrogens (tertiary/aromatic N) is 2. The largest absolute Gasteiger partial charge is 0.228 e. The first-order chi connectivity index (χ1) is 29.0. The third kappa shape index (κ3) is 6.04. The Bertz CT molecular complexity index is 3160. The van der Waals surface area contributed by atoms with Crippen LogP contribution in [0.1, 0.15) is 25.0 Å². The van der Waals surface area contributed by atoms with Gasteiger partial charge in [0.2, 0.25) is 0 Å². The van der Waals surface area contributed by atoms with Crippen molar-refractivity contribution < 1.29 is 0 Å². The number of aromatic nitrogens is 2. The van der Waals surface area contributed by atoms with Crippen molar-refractivity contribution in [2.75, 3.05) is 0 Å². The van der Waals surface area contributed by atoms with E-state index in [9.17, 15) is 0 Å². The summed E-state index contributed by atoms with van der Waals surface area (Å²) in [6.45, 7) is 4.74. The maximum absolute atomic E-state index is 5.31. The molecule has 0 bridgehead atoms. The van der Waals surface area contributed by atoms with E-state index in [1.54, 1.807) is 0 Å². The van der Waals surface area contributed by atoms with Gasteiger partial charge in [-0.15, -0.1) is 0 Å². The van der Waals surface area contributed by atoms with Gasteiger partial charge in [-0.2, -0.15) is 0 Å². The van der Waals surface area contributed by atoms with E-state index in [0.717, 1.165) is 55.7 Å². The zero-order valence-corrected chi connectivity index (χ0v) is 33.0. The molecule has 0 aliphatic heterocycles. The second-order valence-corrected chi connectivity index (χ2v) is 16.2. The number of benzene rings is 9. The Labute approximate surface area is 345 Å². The van der Waals surface area contributed by atoms with Gasteiger partial charge >= 0.3 is 0 Å². The molecule has 10 aromatic rings. The average Bonchev–Trinajstić information content (AvgIpc) is 3.52. The van der Waals surface area contributed by atoms with Crippen LogP contribution in [0, 0.1) is 0 Å². The molecule has 9 aromatic carbocycles. The summed E-state index contributed by atoms with van der Waals surface area (Å²) in [6.07, 6.45) is 0. The third-order valence-corrected chi connectivity index (χ3v) is 12.3. The van der Waals surface area contributed by atoms with Gasteiger partial charge in [0, 0.05) is 22.1 Å². The van der Waals surface area contributed by atoms with Crippen LogP contribution in [0.4, 0.5) is 0 Å². The van der Waals surface area contributed by atoms with Crippen LogP contribution in [0.25, 0.3) is 100.0 Å². The topological polar surface area (TPSA) is 25.8 Å². The zero-order valence-electron chi connectivity index (χ0n) is 33.0. The van der Waals surface area contributed by atoms with E-state index in [1.807, 2.05) is 6.07 Å². The second-order valence-electron chi connectivity index (χ2n) is 16.2. The minimum atomic E-state index is -0.121. The monoisotopic (exact) mass is 752 g/mol. The van der Waals surface area contributed by atoms with Crippen LogP contribution in [-0.2, 0) is 5.41 Å². The molecule has 59 heavy (non-hydrogen) atoms. The summed E-state index contributed by atoms with van der Waals surface area (Å²) in [6, 6.07) is 74.4. The first kappa shape index (κ1) is 34.8. The first-order valence-electron chi connectivity index (χ1n) is 20.4. The van der Waals surface area contributed by atoms with E-state index < -0.39 is 0 Å². The molecule has 1 aromatic heterocycles. The Kier molecular flexibility index (Phi) is 8.20. The van der Waals surface area contributed by atoms with E-state index in [-0.39, 0.29) is 5.41 Å². The van der Waals surface area contributed by atoms with Gasteiger partial charge in [-0.3, -0.25) is 0 Å². The number of hydrogen-bond acceptors (Lipinski definition) is 2. The molecule has 0 unspecified atom stereocenters. The molecule has 278 valence electrons. The molecule has 2 nitrogen and oxygen atoms in total. The summed E-state index contributed by atoms with van der Waals surface area (Å²) < 4.78 is 0. The van der Waals surface area contributed by atoms with Crippen LogP contribution in [0.5, 0.6) is 0 Å². The number of hydrogen-bond donors (Lipinski definition) is 0. The predicted octanol–water partition coefficient (Wildman–Crippen LogP) is 15.1.